The molecule has 0 spiro atoms. The zero-order valence-corrected chi connectivity index (χ0v) is 4.04. The molecule has 0 saturated carbocycles. The molecule has 7 heavy (non-hydrogen) atoms. The van der Waals surface area contributed by atoms with Gasteiger partial charge in [-0.2, -0.15) is 0 Å². The van der Waals surface area contributed by atoms with Crippen molar-refractivity contribution in [3.63, 3.8) is 0 Å². The van der Waals surface area contributed by atoms with Crippen molar-refractivity contribution in [3.05, 3.63) is 37.6 Å². The molecule has 1 heteroatoms. The van der Waals surface area contributed by atoms with E-state index < -0.39 is 0 Å². The van der Waals surface area contributed by atoms with E-state index in [1.165, 1.54) is 0 Å². The average molecular weight is 93.1 g/mol. The van der Waals surface area contributed by atoms with Crippen LogP contribution in [0.2, 0.25) is 0 Å². The van der Waals surface area contributed by atoms with Crippen LogP contribution in [0.15, 0.2) is 30.6 Å². The third-order valence-corrected chi connectivity index (χ3v) is 0.777. The molecule has 1 rings (SSSR count). The van der Waals surface area contributed by atoms with Crippen LogP contribution in [0.4, 0.5) is 0 Å². The zero-order chi connectivity index (χ0) is 5.11. The second-order valence-electron chi connectivity index (χ2n) is 1.39. The van der Waals surface area contributed by atoms with Gasteiger partial charge < -0.3 is 4.57 Å². The van der Waals surface area contributed by atoms with Crippen LogP contribution < -0.4 is 4.57 Å². The molecule has 0 aromatic carbocycles. The van der Waals surface area contributed by atoms with Crippen LogP contribution in [0, 0.1) is 7.05 Å². The average Bonchev–Trinajstić information content (AvgIpc) is 1.69. The highest BCUT2D eigenvalue weighted by Gasteiger charge is 1.69. The van der Waals surface area contributed by atoms with E-state index >= 15 is 0 Å². The van der Waals surface area contributed by atoms with Crippen molar-refractivity contribution in [2.24, 2.45) is 0 Å². The molecule has 0 aliphatic heterocycles. The van der Waals surface area contributed by atoms with Crippen LogP contribution in [0.5, 0.6) is 0 Å². The summed E-state index contributed by atoms with van der Waals surface area (Å²) in [5.41, 5.74) is 0. The fourth-order valence-electron chi connectivity index (χ4n) is 0.434. The lowest BCUT2D eigenvalue weighted by molar-refractivity contribution is -0.612. The van der Waals surface area contributed by atoms with E-state index in [9.17, 15) is 0 Å². The maximum Gasteiger partial charge on any atom is 0.0689 e. The summed E-state index contributed by atoms with van der Waals surface area (Å²) in [6.45, 7) is 0. The van der Waals surface area contributed by atoms with Gasteiger partial charge in [0.05, 0.1) is 12.4 Å². The molecule has 1 nitrogen and oxygen atoms in total. The quantitative estimate of drug-likeness (QED) is 0.327. The minimum atomic E-state index is 1.75. The molecular weight excluding hydrogens is 86.1 g/mol. The first-order valence-corrected chi connectivity index (χ1v) is 2.17. The van der Waals surface area contributed by atoms with Gasteiger partial charge in [-0.1, -0.05) is 18.2 Å². The predicted octanol–water partition coefficient (Wildman–Crippen LogP) is 0.614. The Hall–Kier alpha value is -0.980. The number of aromatic nitrogens is 1. The Morgan fingerprint density at radius 2 is 1.57 bits per heavy atom. The Morgan fingerprint density at radius 1 is 1.00 bits per heavy atom. The minimum absolute atomic E-state index is 1.75. The van der Waals surface area contributed by atoms with Gasteiger partial charge in [0, 0.05) is 7.05 Å². The molecule has 1 heterocycles. The Kier molecular flexibility index (Phi) is 0.984. The molecule has 0 aliphatic carbocycles. The van der Waals surface area contributed by atoms with Crippen molar-refractivity contribution in [1.29, 1.82) is 0 Å². The molecule has 0 saturated heterocycles. The third kappa shape index (κ3) is 0.929. The van der Waals surface area contributed by atoms with E-state index in [0.29, 0.717) is 0 Å². The van der Waals surface area contributed by atoms with Gasteiger partial charge in [0.25, 0.3) is 0 Å². The second kappa shape index (κ2) is 1.65. The van der Waals surface area contributed by atoms with Gasteiger partial charge in [0.15, 0.2) is 0 Å². The molecule has 1 aromatic heterocycles. The first-order valence-electron chi connectivity index (χ1n) is 2.17. The molecule has 0 amide bonds. The molecule has 0 atom stereocenters. The molecule has 1 aromatic rings. The van der Waals surface area contributed by atoms with Crippen LogP contribution >= 0.6 is 0 Å². The zero-order valence-electron chi connectivity index (χ0n) is 4.04. The summed E-state index contributed by atoms with van der Waals surface area (Å²) in [5.74, 6) is 0. The van der Waals surface area contributed by atoms with Crippen LogP contribution in [0.25, 0.3) is 0 Å². The fourth-order valence-corrected chi connectivity index (χ4v) is 0.434. The van der Waals surface area contributed by atoms with Gasteiger partial charge in [0.1, 0.15) is 0 Å². The number of pyridine rings is 1. The molecule has 0 fully saturated rings. The topological polar surface area (TPSA) is 3.88 Å². The number of rotatable bonds is 0. The van der Waals surface area contributed by atoms with E-state index in [1.54, 1.807) is 4.57 Å². The van der Waals surface area contributed by atoms with Crippen molar-refractivity contribution < 1.29 is 4.57 Å². The molecule has 0 bridgehead atoms. The Morgan fingerprint density at radius 3 is 1.86 bits per heavy atom. The maximum atomic E-state index is 3.64. The fraction of sp³-hybridized carbons (Fsp3) is 0. The summed E-state index contributed by atoms with van der Waals surface area (Å²) in [4.78, 5) is 0. The van der Waals surface area contributed by atoms with Gasteiger partial charge in [-0.3, -0.25) is 0 Å². The Bertz CT molecular complexity index is 134. The van der Waals surface area contributed by atoms with Crippen LogP contribution in [-0.4, -0.2) is 0 Å². The van der Waals surface area contributed by atoms with E-state index in [-0.39, 0.29) is 0 Å². The van der Waals surface area contributed by atoms with Gasteiger partial charge in [0.2, 0.25) is 0 Å². The lowest BCUT2D eigenvalue weighted by atomic mass is 10.5. The normalized spacial score (nSPS) is 8.57. The number of nitrogens with zero attached hydrogens (tertiary/aromatic N) is 1. The van der Waals surface area contributed by atoms with Crippen LogP contribution in [-0.2, 0) is 0 Å². The van der Waals surface area contributed by atoms with Gasteiger partial charge in [-0.25, -0.2) is 0 Å². The van der Waals surface area contributed by atoms with E-state index in [0.717, 1.165) is 0 Å². The molecule has 0 N–H and O–H groups in total. The van der Waals surface area contributed by atoms with E-state index in [4.69, 9.17) is 0 Å². The molecule has 0 aliphatic rings. The summed E-state index contributed by atoms with van der Waals surface area (Å²) in [6.07, 6.45) is 3.78. The van der Waals surface area contributed by atoms with Crippen molar-refractivity contribution in [3.8, 4) is 0 Å². The molecule has 36 valence electrons. The first kappa shape index (κ1) is 4.19. The summed E-state index contributed by atoms with van der Waals surface area (Å²) in [6, 6.07) is 5.84. The SMILES string of the molecule is [CH2-][n+]1ccccc1. The monoisotopic (exact) mass is 93.1 g/mol. The van der Waals surface area contributed by atoms with Crippen molar-refractivity contribution in [2.75, 3.05) is 0 Å². The standard InChI is InChI=1S/C6H7N/c1-7-5-3-2-4-6-7/h2-6H,1H2. The van der Waals surface area contributed by atoms with Crippen LogP contribution in [0.1, 0.15) is 0 Å². The summed E-state index contributed by atoms with van der Waals surface area (Å²) in [7, 11) is 3.64. The highest BCUT2D eigenvalue weighted by Crippen LogP contribution is 1.72. The molecule has 0 unspecified atom stereocenters. The predicted molar refractivity (Wildman–Crippen MR) is 27.4 cm³/mol. The highest BCUT2D eigenvalue weighted by molar-refractivity contribution is 4.83. The second-order valence-corrected chi connectivity index (χ2v) is 1.39. The number of hydrogen-bond donors (Lipinski definition) is 0. The lowest BCUT2D eigenvalue weighted by Crippen LogP contribution is -2.22. The highest BCUT2D eigenvalue weighted by atomic mass is 14.9. The van der Waals surface area contributed by atoms with Crippen molar-refractivity contribution in [2.45, 2.75) is 0 Å². The Balaban J connectivity index is 3.02. The van der Waals surface area contributed by atoms with E-state index in [1.807, 2.05) is 30.6 Å². The van der Waals surface area contributed by atoms with E-state index in [2.05, 4.69) is 7.05 Å². The summed E-state index contributed by atoms with van der Waals surface area (Å²) < 4.78 is 1.75. The molecule has 0 radical (unpaired) electrons. The van der Waals surface area contributed by atoms with Crippen LogP contribution in [0.3, 0.4) is 0 Å². The largest absolute Gasteiger partial charge is 0.339 e. The molecular formula is C6H7N. The summed E-state index contributed by atoms with van der Waals surface area (Å²) >= 11 is 0. The maximum absolute atomic E-state index is 3.64. The summed E-state index contributed by atoms with van der Waals surface area (Å²) in [5, 5.41) is 0. The van der Waals surface area contributed by atoms with Gasteiger partial charge >= 0.3 is 0 Å². The van der Waals surface area contributed by atoms with Gasteiger partial charge in [-0.15, -0.1) is 0 Å². The minimum Gasteiger partial charge on any atom is -0.339 e. The first-order chi connectivity index (χ1) is 3.39. The van der Waals surface area contributed by atoms with Gasteiger partial charge in [-0.05, 0) is 0 Å². The van der Waals surface area contributed by atoms with Crippen molar-refractivity contribution in [1.82, 2.24) is 0 Å². The third-order valence-electron chi connectivity index (χ3n) is 0.777. The lowest BCUT2D eigenvalue weighted by Gasteiger charge is -1.87. The smallest absolute Gasteiger partial charge is 0.0689 e. The Labute approximate surface area is 43.2 Å². The number of hydrogen-bond acceptors (Lipinski definition) is 0. The van der Waals surface area contributed by atoms with Crippen molar-refractivity contribution >= 4 is 0 Å².